The number of H-pyrrole nitrogens is 1. The van der Waals surface area contributed by atoms with Crippen molar-refractivity contribution in [2.45, 2.75) is 12.5 Å². The fourth-order valence-corrected chi connectivity index (χ4v) is 3.57. The third-order valence-corrected chi connectivity index (χ3v) is 5.08. The molecule has 0 bridgehead atoms. The summed E-state index contributed by atoms with van der Waals surface area (Å²) < 4.78 is 13.4. The Hall–Kier alpha value is -3.68. The molecule has 0 unspecified atom stereocenters. The Morgan fingerprint density at radius 3 is 2.79 bits per heavy atom. The molecule has 3 aromatic rings. The maximum Gasteiger partial charge on any atom is 0.310 e. The number of halogens is 1. The third-order valence-electron chi connectivity index (χ3n) is 5.08. The van der Waals surface area contributed by atoms with Crippen LogP contribution in [0.3, 0.4) is 0 Å². The molecule has 1 aliphatic heterocycles. The Morgan fingerprint density at radius 1 is 1.17 bits per heavy atom. The molecule has 0 saturated carbocycles. The lowest BCUT2D eigenvalue weighted by molar-refractivity contribution is -0.140. The van der Waals surface area contributed by atoms with Crippen molar-refractivity contribution in [1.82, 2.24) is 15.6 Å². The summed E-state index contributed by atoms with van der Waals surface area (Å²) in [6.45, 7) is 0.199. The summed E-state index contributed by atoms with van der Waals surface area (Å²) in [5.74, 6) is -2.34. The number of nitrogens with one attached hydrogen (secondary N) is 3. The topological polar surface area (TPSA) is 94.3 Å². The number of aromatic nitrogens is 1. The summed E-state index contributed by atoms with van der Waals surface area (Å²) in [5.41, 5.74) is 2.99. The molecule has 148 valence electrons. The van der Waals surface area contributed by atoms with Crippen LogP contribution in [0.4, 0.5) is 10.1 Å². The second-order valence-corrected chi connectivity index (χ2v) is 6.87. The van der Waals surface area contributed by atoms with E-state index in [-0.39, 0.29) is 18.3 Å². The van der Waals surface area contributed by atoms with Crippen LogP contribution >= 0.6 is 0 Å². The number of rotatable bonds is 4. The molecule has 7 nitrogen and oxygen atoms in total. The number of fused-ring (bicyclic) bond motifs is 2. The number of hydrogen-bond donors (Lipinski definition) is 3. The molecule has 0 aliphatic carbocycles. The summed E-state index contributed by atoms with van der Waals surface area (Å²) in [4.78, 5) is 41.3. The van der Waals surface area contributed by atoms with Gasteiger partial charge in [0.05, 0.1) is 0 Å². The van der Waals surface area contributed by atoms with Gasteiger partial charge in [-0.05, 0) is 36.2 Å². The van der Waals surface area contributed by atoms with Crippen LogP contribution in [0.5, 0.6) is 0 Å². The van der Waals surface area contributed by atoms with Crippen LogP contribution in [0, 0.1) is 5.82 Å². The van der Waals surface area contributed by atoms with Crippen molar-refractivity contribution < 1.29 is 18.8 Å². The van der Waals surface area contributed by atoms with E-state index in [1.807, 2.05) is 0 Å². The van der Waals surface area contributed by atoms with E-state index in [1.54, 1.807) is 43.6 Å². The van der Waals surface area contributed by atoms with Crippen molar-refractivity contribution in [1.29, 1.82) is 0 Å². The molecule has 4 rings (SSSR count). The number of carbonyl (C=O) groups excluding carboxylic acids is 3. The summed E-state index contributed by atoms with van der Waals surface area (Å²) >= 11 is 0. The number of benzene rings is 2. The minimum Gasteiger partial charge on any atom is -0.361 e. The number of anilines is 1. The fraction of sp³-hybridized carbons (Fsp3) is 0.190. The average Bonchev–Trinajstić information content (AvgIpc) is 3.22. The van der Waals surface area contributed by atoms with Crippen molar-refractivity contribution in [3.05, 3.63) is 65.6 Å². The molecule has 0 fully saturated rings. The Bertz CT molecular complexity index is 1120. The smallest absolute Gasteiger partial charge is 0.310 e. The Morgan fingerprint density at radius 2 is 1.97 bits per heavy atom. The van der Waals surface area contributed by atoms with Gasteiger partial charge < -0.3 is 20.5 Å². The maximum atomic E-state index is 13.4. The first-order valence-corrected chi connectivity index (χ1v) is 9.16. The third kappa shape index (κ3) is 3.44. The summed E-state index contributed by atoms with van der Waals surface area (Å²) in [7, 11) is 1.62. The van der Waals surface area contributed by atoms with Crippen molar-refractivity contribution in [3.8, 4) is 0 Å². The van der Waals surface area contributed by atoms with Gasteiger partial charge in [-0.2, -0.15) is 0 Å². The van der Waals surface area contributed by atoms with Crippen molar-refractivity contribution in [2.75, 3.05) is 18.5 Å². The van der Waals surface area contributed by atoms with E-state index in [4.69, 9.17) is 0 Å². The van der Waals surface area contributed by atoms with E-state index < -0.39 is 17.9 Å². The Labute approximate surface area is 165 Å². The summed E-state index contributed by atoms with van der Waals surface area (Å²) in [6, 6.07) is 10.7. The molecule has 2 aromatic carbocycles. The van der Waals surface area contributed by atoms with Gasteiger partial charge in [-0.3, -0.25) is 14.4 Å². The van der Waals surface area contributed by atoms with Gasteiger partial charge in [0, 0.05) is 41.9 Å². The lowest BCUT2D eigenvalue weighted by Gasteiger charge is -2.13. The predicted molar refractivity (Wildman–Crippen MR) is 106 cm³/mol. The number of para-hydroxylation sites is 1. The summed E-state index contributed by atoms with van der Waals surface area (Å²) in [6.07, 6.45) is 2.18. The second-order valence-electron chi connectivity index (χ2n) is 6.87. The highest BCUT2D eigenvalue weighted by atomic mass is 19.1. The van der Waals surface area contributed by atoms with E-state index in [1.165, 1.54) is 17.0 Å². The highest BCUT2D eigenvalue weighted by Gasteiger charge is 2.36. The van der Waals surface area contributed by atoms with Crippen LogP contribution in [0.1, 0.15) is 17.2 Å². The second kappa shape index (κ2) is 7.38. The van der Waals surface area contributed by atoms with E-state index in [2.05, 4.69) is 15.6 Å². The molecule has 0 radical (unpaired) electrons. The van der Waals surface area contributed by atoms with Crippen molar-refractivity contribution in [3.63, 3.8) is 0 Å². The number of carbonyl (C=O) groups is 3. The zero-order valence-electron chi connectivity index (χ0n) is 15.7. The summed E-state index contributed by atoms with van der Waals surface area (Å²) in [5, 5.41) is 5.77. The molecule has 1 aliphatic rings. The van der Waals surface area contributed by atoms with E-state index in [0.717, 1.165) is 16.5 Å². The molecule has 1 atom stereocenters. The highest BCUT2D eigenvalue weighted by molar-refractivity contribution is 6.35. The Balaban J connectivity index is 1.36. The molecule has 29 heavy (non-hydrogen) atoms. The normalized spacial score (nSPS) is 15.4. The molecule has 8 heteroatoms. The van der Waals surface area contributed by atoms with Gasteiger partial charge in [-0.15, -0.1) is 0 Å². The molecule has 3 N–H and O–H groups in total. The monoisotopic (exact) mass is 394 g/mol. The highest BCUT2D eigenvalue weighted by Crippen LogP contribution is 2.34. The molecular formula is C21H19FN4O3. The number of amides is 3. The van der Waals surface area contributed by atoms with E-state index >= 15 is 0 Å². The SMILES string of the molecule is CN1C(=O)[C@H](NC(=O)C(=O)NCCc2c[nH]c3ccc(F)cc23)c2ccccc21. The standard InChI is InChI=1S/C21H19FN4O3/c1-26-17-5-3-2-4-14(17)18(21(26)29)25-20(28)19(27)23-9-8-12-11-24-16-7-6-13(22)10-15(12)16/h2-7,10-11,18,24H,8-9H2,1H3,(H,23,27)(H,25,28)/t18-/m1/s1. The molecular weight excluding hydrogens is 375 g/mol. The van der Waals surface area contributed by atoms with Gasteiger partial charge in [0.15, 0.2) is 0 Å². The van der Waals surface area contributed by atoms with E-state index in [9.17, 15) is 18.8 Å². The first-order valence-electron chi connectivity index (χ1n) is 9.16. The zero-order valence-corrected chi connectivity index (χ0v) is 15.7. The molecule has 3 amide bonds. The van der Waals surface area contributed by atoms with Gasteiger partial charge in [0.2, 0.25) is 0 Å². The van der Waals surface area contributed by atoms with Crippen molar-refractivity contribution >= 4 is 34.3 Å². The Kier molecular flexibility index (Phi) is 4.75. The molecule has 1 aromatic heterocycles. The van der Waals surface area contributed by atoms with Crippen LogP contribution in [-0.4, -0.2) is 36.3 Å². The van der Waals surface area contributed by atoms with Crippen LogP contribution in [0.15, 0.2) is 48.7 Å². The fourth-order valence-electron chi connectivity index (χ4n) is 3.57. The first-order chi connectivity index (χ1) is 14.0. The van der Waals surface area contributed by atoms with Crippen LogP contribution in [-0.2, 0) is 20.8 Å². The minimum atomic E-state index is -0.883. The lowest BCUT2D eigenvalue weighted by atomic mass is 10.1. The van der Waals surface area contributed by atoms with Gasteiger partial charge in [-0.1, -0.05) is 18.2 Å². The number of likely N-dealkylation sites (N-methyl/N-ethyl adjacent to an activating group) is 1. The van der Waals surface area contributed by atoms with E-state index in [0.29, 0.717) is 17.7 Å². The quantitative estimate of drug-likeness (QED) is 0.589. The van der Waals surface area contributed by atoms with Gasteiger partial charge >= 0.3 is 11.8 Å². The van der Waals surface area contributed by atoms with Gasteiger partial charge in [-0.25, -0.2) is 4.39 Å². The molecule has 0 saturated heterocycles. The number of nitrogens with zero attached hydrogens (tertiary/aromatic N) is 1. The number of aromatic amines is 1. The van der Waals surface area contributed by atoms with Gasteiger partial charge in [0.1, 0.15) is 11.9 Å². The molecule has 2 heterocycles. The minimum absolute atomic E-state index is 0.199. The zero-order chi connectivity index (χ0) is 20.5. The van der Waals surface area contributed by atoms with Gasteiger partial charge in [0.25, 0.3) is 5.91 Å². The number of hydrogen-bond acceptors (Lipinski definition) is 3. The average molecular weight is 394 g/mol. The predicted octanol–water partition coefficient (Wildman–Crippen LogP) is 1.80. The lowest BCUT2D eigenvalue weighted by Crippen LogP contribution is -2.44. The van der Waals surface area contributed by atoms with Crippen LogP contribution < -0.4 is 15.5 Å². The van der Waals surface area contributed by atoms with Crippen molar-refractivity contribution in [2.24, 2.45) is 0 Å². The first kappa shape index (κ1) is 18.7. The maximum absolute atomic E-state index is 13.4. The van der Waals surface area contributed by atoms with Crippen LogP contribution in [0.25, 0.3) is 10.9 Å². The largest absolute Gasteiger partial charge is 0.361 e. The van der Waals surface area contributed by atoms with Crippen LogP contribution in [0.2, 0.25) is 0 Å². The molecule has 0 spiro atoms.